The maximum Gasteiger partial charge on any atom is 0.335 e. The van der Waals surface area contributed by atoms with E-state index in [0.29, 0.717) is 19.3 Å². The molecule has 6 atom stereocenters. The molecule has 1 rings (SSSR count). The fraction of sp³-hybridized carbons (Fsp3) is 0.683. The van der Waals surface area contributed by atoms with Crippen molar-refractivity contribution in [3.8, 4) is 0 Å². The van der Waals surface area contributed by atoms with E-state index in [2.05, 4.69) is 118 Å². The monoisotopic (exact) mass is 1050 g/mol. The summed E-state index contributed by atoms with van der Waals surface area (Å²) in [5.74, 6) is -3.21. The molecule has 0 spiro atoms. The van der Waals surface area contributed by atoms with Gasteiger partial charge in [0.05, 0.1) is 6.61 Å². The lowest BCUT2D eigenvalue weighted by Gasteiger charge is -2.40. The molecule has 1 heterocycles. The normalized spacial score (nSPS) is 18.9. The van der Waals surface area contributed by atoms with Crippen molar-refractivity contribution in [1.29, 1.82) is 0 Å². The number of allylic oxidation sites excluding steroid dienone is 16. The molecular formula is C63H102O12. The number of aliphatic hydroxyl groups is 2. The smallest absolute Gasteiger partial charge is 0.335 e. The van der Waals surface area contributed by atoms with Crippen LogP contribution in [0.1, 0.15) is 226 Å². The SMILES string of the molecule is CC/C=C\C/C=C\C/C=C\C/C=C\CCCCC(=O)OCC(COC1OC(C(=O)O)C(O)C(O)C1OC(=O)CCCCCCCCC/C=C\C/C=C\CCCCC)OC(=O)CCCCCCC/C=C\C/C=C\CCC. The number of esters is 3. The predicted octanol–water partition coefficient (Wildman–Crippen LogP) is 14.9. The molecule has 12 nitrogen and oxygen atoms in total. The standard InChI is InChI=1S/C63H102O12/c1-4-7-10-13-16-19-22-25-27-28-30-33-36-39-42-45-48-51-57(66)74-61-59(68)58(67)60(62(69)70)75-63(61)72-53-54(73-56(65)50-47-44-41-38-35-31-24-21-18-15-12-9-6-3)52-71-55(64)49-46-43-40-37-34-32-29-26-23-20-17-14-11-8-5-2/h8,11-12,15-17,19-21,24-27,29,34,37,54,58-61,63,67-68H,4-7,9-10,13-14,18,22-23,28,30-33,35-36,38-53H2,1-3H3,(H,69,70)/b11-8-,15-12-,19-16-,20-17-,24-21-,27-25-,29-26-,37-34-. The third-order valence-corrected chi connectivity index (χ3v) is 12.6. The number of carboxylic acid groups (broad SMARTS) is 1. The molecule has 3 N–H and O–H groups in total. The first-order valence-corrected chi connectivity index (χ1v) is 29.2. The molecule has 75 heavy (non-hydrogen) atoms. The van der Waals surface area contributed by atoms with E-state index in [0.717, 1.165) is 148 Å². The van der Waals surface area contributed by atoms with Crippen LogP contribution >= 0.6 is 0 Å². The first kappa shape index (κ1) is 68.7. The second kappa shape index (κ2) is 50.5. The lowest BCUT2D eigenvalue weighted by atomic mass is 9.98. The molecular weight excluding hydrogens is 949 g/mol. The van der Waals surface area contributed by atoms with E-state index >= 15 is 0 Å². The number of rotatable bonds is 48. The second-order valence-corrected chi connectivity index (χ2v) is 19.5. The summed E-state index contributed by atoms with van der Waals surface area (Å²) in [5, 5.41) is 31.5. The van der Waals surface area contributed by atoms with Crippen LogP contribution in [0.4, 0.5) is 0 Å². The Hall–Kier alpha value is -4.36. The Morgan fingerprint density at radius 3 is 1.36 bits per heavy atom. The molecule has 1 saturated heterocycles. The van der Waals surface area contributed by atoms with E-state index in [1.54, 1.807) is 0 Å². The molecule has 0 aromatic carbocycles. The quantitative estimate of drug-likeness (QED) is 0.0228. The Bertz CT molecular complexity index is 1670. The van der Waals surface area contributed by atoms with E-state index in [-0.39, 0.29) is 25.9 Å². The molecule has 0 saturated carbocycles. The molecule has 6 unspecified atom stereocenters. The Morgan fingerprint density at radius 1 is 0.453 bits per heavy atom. The Balaban J connectivity index is 2.73. The summed E-state index contributed by atoms with van der Waals surface area (Å²) < 4.78 is 28.3. The molecule has 0 amide bonds. The second-order valence-electron chi connectivity index (χ2n) is 19.5. The van der Waals surface area contributed by atoms with Gasteiger partial charge < -0.3 is 39.0 Å². The zero-order valence-corrected chi connectivity index (χ0v) is 46.8. The van der Waals surface area contributed by atoms with Gasteiger partial charge in [0.15, 0.2) is 24.6 Å². The van der Waals surface area contributed by atoms with Crippen molar-refractivity contribution in [2.45, 2.75) is 263 Å². The van der Waals surface area contributed by atoms with Gasteiger partial charge in [0, 0.05) is 19.3 Å². The molecule has 0 aromatic heterocycles. The highest BCUT2D eigenvalue weighted by atomic mass is 16.7. The minimum atomic E-state index is -1.92. The largest absolute Gasteiger partial charge is 0.479 e. The summed E-state index contributed by atoms with van der Waals surface area (Å²) in [6.07, 6.45) is 53.8. The van der Waals surface area contributed by atoms with Crippen LogP contribution in [0.3, 0.4) is 0 Å². The van der Waals surface area contributed by atoms with Crippen LogP contribution in [0.25, 0.3) is 0 Å². The summed E-state index contributed by atoms with van der Waals surface area (Å²) in [6, 6.07) is 0. The van der Waals surface area contributed by atoms with Crippen molar-refractivity contribution in [2.24, 2.45) is 0 Å². The molecule has 0 bridgehead atoms. The number of aliphatic hydroxyl groups excluding tert-OH is 2. The number of carbonyl (C=O) groups is 4. The van der Waals surface area contributed by atoms with Gasteiger partial charge in [-0.05, 0) is 116 Å². The number of unbranched alkanes of at least 4 members (excludes halogenated alkanes) is 18. The van der Waals surface area contributed by atoms with Gasteiger partial charge in [-0.15, -0.1) is 0 Å². The third-order valence-electron chi connectivity index (χ3n) is 12.6. The summed E-state index contributed by atoms with van der Waals surface area (Å²) in [4.78, 5) is 51.1. The topological polar surface area (TPSA) is 175 Å². The average Bonchev–Trinajstić information content (AvgIpc) is 3.39. The van der Waals surface area contributed by atoms with Crippen molar-refractivity contribution >= 4 is 23.9 Å². The molecule has 0 aromatic rings. The molecule has 0 radical (unpaired) electrons. The van der Waals surface area contributed by atoms with E-state index in [9.17, 15) is 34.5 Å². The first-order chi connectivity index (χ1) is 36.6. The Labute approximate surface area is 453 Å². The van der Waals surface area contributed by atoms with Crippen LogP contribution < -0.4 is 0 Å². The molecule has 1 aliphatic heterocycles. The highest BCUT2D eigenvalue weighted by molar-refractivity contribution is 5.74. The van der Waals surface area contributed by atoms with Gasteiger partial charge in [-0.1, -0.05) is 189 Å². The van der Waals surface area contributed by atoms with Crippen LogP contribution in [-0.4, -0.2) is 89.2 Å². The van der Waals surface area contributed by atoms with Gasteiger partial charge >= 0.3 is 23.9 Å². The van der Waals surface area contributed by atoms with Gasteiger partial charge in [0.1, 0.15) is 18.8 Å². The molecule has 1 fully saturated rings. The number of hydrogen-bond acceptors (Lipinski definition) is 11. The van der Waals surface area contributed by atoms with Gasteiger partial charge in [-0.2, -0.15) is 0 Å². The van der Waals surface area contributed by atoms with Crippen LogP contribution in [0.5, 0.6) is 0 Å². The fourth-order valence-electron chi connectivity index (χ4n) is 8.13. The lowest BCUT2D eigenvalue weighted by Crippen LogP contribution is -2.61. The molecule has 0 aliphatic carbocycles. The minimum absolute atomic E-state index is 0.0416. The number of carbonyl (C=O) groups excluding carboxylic acids is 3. The maximum atomic E-state index is 13.1. The van der Waals surface area contributed by atoms with Gasteiger partial charge in [-0.25, -0.2) is 4.79 Å². The first-order valence-electron chi connectivity index (χ1n) is 29.2. The van der Waals surface area contributed by atoms with E-state index < -0.39 is 67.3 Å². The highest BCUT2D eigenvalue weighted by Gasteiger charge is 2.50. The molecule has 1 aliphatic rings. The van der Waals surface area contributed by atoms with E-state index in [1.165, 1.54) is 19.3 Å². The highest BCUT2D eigenvalue weighted by Crippen LogP contribution is 2.26. The fourth-order valence-corrected chi connectivity index (χ4v) is 8.13. The Kier molecular flexibility index (Phi) is 46.2. The van der Waals surface area contributed by atoms with Crippen molar-refractivity contribution in [3.63, 3.8) is 0 Å². The number of carboxylic acids is 1. The average molecular weight is 1050 g/mol. The van der Waals surface area contributed by atoms with Crippen molar-refractivity contribution < 1.29 is 58.2 Å². The van der Waals surface area contributed by atoms with Gasteiger partial charge in [0.2, 0.25) is 0 Å². The van der Waals surface area contributed by atoms with Crippen molar-refractivity contribution in [3.05, 3.63) is 97.2 Å². The minimum Gasteiger partial charge on any atom is -0.479 e. The van der Waals surface area contributed by atoms with Crippen LogP contribution in [0, 0.1) is 0 Å². The maximum absolute atomic E-state index is 13.1. The van der Waals surface area contributed by atoms with Gasteiger partial charge in [-0.3, -0.25) is 14.4 Å². The molecule has 12 heteroatoms. The summed E-state index contributed by atoms with van der Waals surface area (Å²) in [7, 11) is 0. The Morgan fingerprint density at radius 2 is 0.867 bits per heavy atom. The van der Waals surface area contributed by atoms with E-state index in [1.807, 2.05) is 0 Å². The van der Waals surface area contributed by atoms with Gasteiger partial charge in [0.25, 0.3) is 0 Å². The predicted molar refractivity (Wildman–Crippen MR) is 303 cm³/mol. The number of aliphatic carboxylic acids is 1. The van der Waals surface area contributed by atoms with Crippen molar-refractivity contribution in [2.75, 3.05) is 13.2 Å². The van der Waals surface area contributed by atoms with Crippen LogP contribution in [0.2, 0.25) is 0 Å². The zero-order valence-electron chi connectivity index (χ0n) is 46.8. The lowest BCUT2D eigenvalue weighted by molar-refractivity contribution is -0.301. The third kappa shape index (κ3) is 40.6. The van der Waals surface area contributed by atoms with Crippen LogP contribution in [0.15, 0.2) is 97.2 Å². The summed E-state index contributed by atoms with van der Waals surface area (Å²) >= 11 is 0. The zero-order chi connectivity index (χ0) is 54.7. The number of ether oxygens (including phenoxy) is 5. The van der Waals surface area contributed by atoms with E-state index in [4.69, 9.17) is 23.7 Å². The summed E-state index contributed by atoms with van der Waals surface area (Å²) in [5.41, 5.74) is 0. The molecule has 426 valence electrons. The summed E-state index contributed by atoms with van der Waals surface area (Å²) in [6.45, 7) is 5.73. The number of hydrogen-bond donors (Lipinski definition) is 3. The van der Waals surface area contributed by atoms with Crippen molar-refractivity contribution in [1.82, 2.24) is 0 Å². The van der Waals surface area contributed by atoms with Crippen LogP contribution in [-0.2, 0) is 42.9 Å².